The first-order chi connectivity index (χ1) is 7.65. The van der Waals surface area contributed by atoms with Crippen molar-refractivity contribution in [1.82, 2.24) is 0 Å². The molecule has 1 atom stereocenters. The highest BCUT2D eigenvalue weighted by atomic mass is 19.1. The molecule has 0 saturated carbocycles. The lowest BCUT2D eigenvalue weighted by atomic mass is 10.0. The highest BCUT2D eigenvalue weighted by Crippen LogP contribution is 2.29. The molecule has 3 nitrogen and oxygen atoms in total. The van der Waals surface area contributed by atoms with Gasteiger partial charge >= 0.3 is 0 Å². The molecular formula is C11H11F2NO2. The number of fused-ring (bicyclic) bond motifs is 1. The van der Waals surface area contributed by atoms with Gasteiger partial charge in [-0.1, -0.05) is 0 Å². The van der Waals surface area contributed by atoms with Gasteiger partial charge in [0.25, 0.3) is 0 Å². The van der Waals surface area contributed by atoms with Crippen molar-refractivity contribution < 1.29 is 18.3 Å². The van der Waals surface area contributed by atoms with Crippen LogP contribution in [0.25, 0.3) is 11.0 Å². The Hall–Kier alpha value is -1.46. The molecule has 5 heteroatoms. The van der Waals surface area contributed by atoms with Crippen LogP contribution in [0.1, 0.15) is 18.0 Å². The second kappa shape index (κ2) is 4.19. The minimum Gasteiger partial charge on any atom is -0.464 e. The summed E-state index contributed by atoms with van der Waals surface area (Å²) in [6.07, 6.45) is 1.39. The molecule has 0 aliphatic rings. The van der Waals surface area contributed by atoms with Crippen LogP contribution in [-0.4, -0.2) is 11.7 Å². The van der Waals surface area contributed by atoms with Crippen LogP contribution in [0.15, 0.2) is 22.8 Å². The molecule has 1 unspecified atom stereocenters. The lowest BCUT2D eigenvalue weighted by molar-refractivity contribution is 0.274. The quantitative estimate of drug-likeness (QED) is 0.844. The van der Waals surface area contributed by atoms with Gasteiger partial charge in [0.1, 0.15) is 17.2 Å². The van der Waals surface area contributed by atoms with E-state index in [0.29, 0.717) is 0 Å². The Morgan fingerprint density at radius 3 is 2.88 bits per heavy atom. The molecule has 2 rings (SSSR count). The molecule has 0 fully saturated rings. The van der Waals surface area contributed by atoms with E-state index in [9.17, 15) is 8.78 Å². The van der Waals surface area contributed by atoms with E-state index in [1.807, 2.05) is 0 Å². The van der Waals surface area contributed by atoms with Gasteiger partial charge in [-0.05, 0) is 12.5 Å². The number of aliphatic hydroxyl groups excluding tert-OH is 1. The van der Waals surface area contributed by atoms with Gasteiger partial charge in [0.2, 0.25) is 0 Å². The largest absolute Gasteiger partial charge is 0.464 e. The summed E-state index contributed by atoms with van der Waals surface area (Å²) in [5.41, 5.74) is 5.54. The molecule has 2 aromatic rings. The lowest BCUT2D eigenvalue weighted by Crippen LogP contribution is -2.15. The summed E-state index contributed by atoms with van der Waals surface area (Å²) >= 11 is 0. The Bertz CT molecular complexity index is 510. The van der Waals surface area contributed by atoms with Crippen LogP contribution >= 0.6 is 0 Å². The molecule has 0 bridgehead atoms. The molecule has 86 valence electrons. The Morgan fingerprint density at radius 2 is 2.19 bits per heavy atom. The molecule has 0 aliphatic heterocycles. The predicted octanol–water partition coefficient (Wildman–Crippen LogP) is 2.09. The van der Waals surface area contributed by atoms with Crippen molar-refractivity contribution in [2.45, 2.75) is 12.5 Å². The molecule has 0 spiro atoms. The summed E-state index contributed by atoms with van der Waals surface area (Å²) in [4.78, 5) is 0. The summed E-state index contributed by atoms with van der Waals surface area (Å²) in [7, 11) is 0. The third-order valence-electron chi connectivity index (χ3n) is 2.49. The third-order valence-corrected chi connectivity index (χ3v) is 2.49. The summed E-state index contributed by atoms with van der Waals surface area (Å²) in [6.45, 7) is -0.219. The van der Waals surface area contributed by atoms with Crippen LogP contribution in [0.2, 0.25) is 0 Å². The Kier molecular flexibility index (Phi) is 2.89. The molecule has 0 amide bonds. The SMILES string of the molecule is NC(CCO)c1c(F)cc2occc2c1F. The van der Waals surface area contributed by atoms with Gasteiger partial charge in [0, 0.05) is 24.3 Å². The fourth-order valence-corrected chi connectivity index (χ4v) is 1.68. The second-order valence-corrected chi connectivity index (χ2v) is 3.54. The van der Waals surface area contributed by atoms with E-state index in [0.717, 1.165) is 6.07 Å². The zero-order valence-corrected chi connectivity index (χ0v) is 8.41. The zero-order valence-electron chi connectivity index (χ0n) is 8.41. The van der Waals surface area contributed by atoms with Gasteiger partial charge < -0.3 is 15.3 Å². The number of nitrogens with two attached hydrogens (primary N) is 1. The van der Waals surface area contributed by atoms with E-state index >= 15 is 0 Å². The minimum absolute atomic E-state index is 0.108. The van der Waals surface area contributed by atoms with Gasteiger partial charge in [0.05, 0.1) is 11.6 Å². The summed E-state index contributed by atoms with van der Waals surface area (Å²) in [6, 6.07) is 1.66. The molecule has 16 heavy (non-hydrogen) atoms. The van der Waals surface area contributed by atoms with E-state index in [-0.39, 0.29) is 29.6 Å². The third kappa shape index (κ3) is 1.68. The summed E-state index contributed by atoms with van der Waals surface area (Å²) < 4.78 is 32.3. The Labute approximate surface area is 90.5 Å². The second-order valence-electron chi connectivity index (χ2n) is 3.54. The zero-order chi connectivity index (χ0) is 11.7. The molecule has 0 aliphatic carbocycles. The first kappa shape index (κ1) is 11.0. The van der Waals surface area contributed by atoms with Gasteiger partial charge in [0.15, 0.2) is 0 Å². The van der Waals surface area contributed by atoms with Crippen LogP contribution in [0.3, 0.4) is 0 Å². The van der Waals surface area contributed by atoms with Crippen molar-refractivity contribution in [3.63, 3.8) is 0 Å². The first-order valence-corrected chi connectivity index (χ1v) is 4.86. The summed E-state index contributed by atoms with van der Waals surface area (Å²) in [5, 5.41) is 8.91. The highest BCUT2D eigenvalue weighted by Gasteiger charge is 2.20. The van der Waals surface area contributed by atoms with E-state index in [4.69, 9.17) is 15.3 Å². The van der Waals surface area contributed by atoms with Crippen molar-refractivity contribution >= 4 is 11.0 Å². The van der Waals surface area contributed by atoms with Crippen LogP contribution < -0.4 is 5.73 Å². The fraction of sp³-hybridized carbons (Fsp3) is 0.273. The van der Waals surface area contributed by atoms with Crippen molar-refractivity contribution in [3.05, 3.63) is 35.6 Å². The predicted molar refractivity (Wildman–Crippen MR) is 54.8 cm³/mol. The first-order valence-electron chi connectivity index (χ1n) is 4.86. The molecular weight excluding hydrogens is 216 g/mol. The standard InChI is InChI=1S/C11H11F2NO2/c12-7-5-9-6(2-4-16-9)11(13)10(7)8(14)1-3-15/h2,4-5,8,15H,1,3,14H2. The molecule has 1 aromatic heterocycles. The van der Waals surface area contributed by atoms with Gasteiger partial charge in [-0.2, -0.15) is 0 Å². The minimum atomic E-state index is -0.857. The maximum atomic E-state index is 13.9. The maximum Gasteiger partial charge on any atom is 0.141 e. The topological polar surface area (TPSA) is 59.4 Å². The Balaban J connectivity index is 2.59. The van der Waals surface area contributed by atoms with E-state index in [2.05, 4.69) is 0 Å². The van der Waals surface area contributed by atoms with Gasteiger partial charge in [-0.25, -0.2) is 8.78 Å². The normalized spacial score (nSPS) is 13.2. The summed E-state index contributed by atoms with van der Waals surface area (Å²) in [5.74, 6) is -1.47. The van der Waals surface area contributed by atoms with E-state index in [1.165, 1.54) is 12.3 Å². The Morgan fingerprint density at radius 1 is 1.44 bits per heavy atom. The van der Waals surface area contributed by atoms with Crippen LogP contribution in [0, 0.1) is 11.6 Å². The van der Waals surface area contributed by atoms with E-state index < -0.39 is 17.7 Å². The molecule has 1 aromatic carbocycles. The number of halogens is 2. The molecule has 3 N–H and O–H groups in total. The fourth-order valence-electron chi connectivity index (χ4n) is 1.68. The van der Waals surface area contributed by atoms with Crippen molar-refractivity contribution in [1.29, 1.82) is 0 Å². The number of benzene rings is 1. The van der Waals surface area contributed by atoms with Crippen molar-refractivity contribution in [2.75, 3.05) is 6.61 Å². The molecule has 1 heterocycles. The number of aliphatic hydroxyl groups is 1. The van der Waals surface area contributed by atoms with Crippen molar-refractivity contribution in [2.24, 2.45) is 5.73 Å². The molecule has 0 saturated heterocycles. The maximum absolute atomic E-state index is 13.9. The van der Waals surface area contributed by atoms with Crippen LogP contribution in [0.5, 0.6) is 0 Å². The lowest BCUT2D eigenvalue weighted by Gasteiger charge is -2.12. The number of rotatable bonds is 3. The number of hydrogen-bond donors (Lipinski definition) is 2. The number of furan rings is 1. The van der Waals surface area contributed by atoms with Crippen LogP contribution in [-0.2, 0) is 0 Å². The van der Waals surface area contributed by atoms with Gasteiger partial charge in [-0.15, -0.1) is 0 Å². The monoisotopic (exact) mass is 227 g/mol. The number of hydrogen-bond acceptors (Lipinski definition) is 3. The van der Waals surface area contributed by atoms with Crippen LogP contribution in [0.4, 0.5) is 8.78 Å². The highest BCUT2D eigenvalue weighted by molar-refractivity contribution is 5.79. The van der Waals surface area contributed by atoms with E-state index in [1.54, 1.807) is 0 Å². The molecule has 0 radical (unpaired) electrons. The van der Waals surface area contributed by atoms with Gasteiger partial charge in [-0.3, -0.25) is 0 Å². The van der Waals surface area contributed by atoms with Crippen molar-refractivity contribution in [3.8, 4) is 0 Å². The smallest absolute Gasteiger partial charge is 0.141 e. The average Bonchev–Trinajstić information content (AvgIpc) is 2.66. The average molecular weight is 227 g/mol.